The van der Waals surface area contributed by atoms with Crippen molar-refractivity contribution in [2.45, 2.75) is 32.9 Å². The molecule has 1 amide bonds. The molecule has 0 radical (unpaired) electrons. The van der Waals surface area contributed by atoms with Gasteiger partial charge >= 0.3 is 0 Å². The average molecular weight is 332 g/mol. The molecule has 23 heavy (non-hydrogen) atoms. The molecule has 0 unspecified atom stereocenters. The van der Waals surface area contributed by atoms with E-state index in [2.05, 4.69) is 36.6 Å². The van der Waals surface area contributed by atoms with Crippen LogP contribution in [-0.4, -0.2) is 11.9 Å². The standard InChI is InChI=1S/C19H23ClN2O/c1-13(2)18(15-8-5-4-6-9-15)21-14(3)19(23)22-17-11-7-10-16(20)12-17/h4-14,18,21H,1-3H3,(H,22,23)/p+1/t14-,18+/m0/s1. The van der Waals surface area contributed by atoms with E-state index >= 15 is 0 Å². The molecule has 0 bridgehead atoms. The Morgan fingerprint density at radius 1 is 1.04 bits per heavy atom. The minimum Gasteiger partial charge on any atom is -0.330 e. The van der Waals surface area contributed by atoms with E-state index in [-0.39, 0.29) is 18.0 Å². The minimum absolute atomic E-state index is 0.0196. The molecule has 3 nitrogen and oxygen atoms in total. The van der Waals surface area contributed by atoms with E-state index < -0.39 is 0 Å². The molecule has 4 heteroatoms. The number of nitrogens with one attached hydrogen (secondary N) is 1. The molecule has 0 heterocycles. The monoisotopic (exact) mass is 331 g/mol. The fourth-order valence-corrected chi connectivity index (χ4v) is 2.80. The van der Waals surface area contributed by atoms with E-state index in [1.54, 1.807) is 12.1 Å². The second-order valence-corrected chi connectivity index (χ2v) is 6.60. The summed E-state index contributed by atoms with van der Waals surface area (Å²) in [5.74, 6) is 0.410. The van der Waals surface area contributed by atoms with Gasteiger partial charge < -0.3 is 10.6 Å². The second kappa shape index (κ2) is 8.14. The third-order valence-electron chi connectivity index (χ3n) is 3.90. The van der Waals surface area contributed by atoms with E-state index in [1.807, 2.05) is 37.3 Å². The zero-order valence-electron chi connectivity index (χ0n) is 13.8. The van der Waals surface area contributed by atoms with Crippen molar-refractivity contribution in [2.75, 3.05) is 5.32 Å². The lowest BCUT2D eigenvalue weighted by Crippen LogP contribution is -2.93. The third-order valence-corrected chi connectivity index (χ3v) is 4.14. The highest BCUT2D eigenvalue weighted by Gasteiger charge is 2.25. The number of nitrogens with two attached hydrogens (primary N) is 1. The first kappa shape index (κ1) is 17.5. The molecule has 0 saturated heterocycles. The van der Waals surface area contributed by atoms with Gasteiger partial charge in [0.05, 0.1) is 0 Å². The SMILES string of the molecule is CC(C)[C@@H]([NH2+][C@@H](C)C(=O)Nc1cccc(Cl)c1)c1ccccc1. The first-order chi connectivity index (χ1) is 11.0. The Kier molecular flexibility index (Phi) is 6.20. The van der Waals surface area contributed by atoms with Crippen molar-refractivity contribution in [2.24, 2.45) is 5.92 Å². The van der Waals surface area contributed by atoms with Crippen LogP contribution in [0.5, 0.6) is 0 Å². The lowest BCUT2D eigenvalue weighted by atomic mass is 9.95. The van der Waals surface area contributed by atoms with Crippen molar-refractivity contribution in [3.63, 3.8) is 0 Å². The molecule has 2 aromatic rings. The van der Waals surface area contributed by atoms with E-state index in [0.717, 1.165) is 5.69 Å². The highest BCUT2D eigenvalue weighted by Crippen LogP contribution is 2.18. The third kappa shape index (κ3) is 5.08. The Morgan fingerprint density at radius 3 is 2.35 bits per heavy atom. The maximum Gasteiger partial charge on any atom is 0.282 e. The summed E-state index contributed by atoms with van der Waals surface area (Å²) >= 11 is 5.95. The van der Waals surface area contributed by atoms with Crippen LogP contribution < -0.4 is 10.6 Å². The number of halogens is 1. The van der Waals surface area contributed by atoms with Gasteiger partial charge in [-0.1, -0.05) is 61.8 Å². The summed E-state index contributed by atoms with van der Waals surface area (Å²) in [6.45, 7) is 6.28. The number of carbonyl (C=O) groups excluding carboxylic acids is 1. The predicted molar refractivity (Wildman–Crippen MR) is 95.5 cm³/mol. The number of anilines is 1. The zero-order valence-corrected chi connectivity index (χ0v) is 14.5. The molecule has 3 N–H and O–H groups in total. The van der Waals surface area contributed by atoms with Gasteiger partial charge in [-0.3, -0.25) is 4.79 Å². The van der Waals surface area contributed by atoms with Crippen LogP contribution in [-0.2, 0) is 4.79 Å². The van der Waals surface area contributed by atoms with Gasteiger partial charge in [0, 0.05) is 22.2 Å². The topological polar surface area (TPSA) is 45.7 Å². The predicted octanol–water partition coefficient (Wildman–Crippen LogP) is 3.63. The van der Waals surface area contributed by atoms with Gasteiger partial charge in [0.15, 0.2) is 6.04 Å². The van der Waals surface area contributed by atoms with Crippen LogP contribution in [0.15, 0.2) is 54.6 Å². The quantitative estimate of drug-likeness (QED) is 0.834. The second-order valence-electron chi connectivity index (χ2n) is 6.16. The van der Waals surface area contributed by atoms with Gasteiger partial charge in [-0.05, 0) is 25.1 Å². The molecular formula is C19H24ClN2O+. The number of hydrogen-bond donors (Lipinski definition) is 2. The van der Waals surface area contributed by atoms with Crippen molar-refractivity contribution in [1.82, 2.24) is 0 Å². The van der Waals surface area contributed by atoms with Crippen molar-refractivity contribution >= 4 is 23.2 Å². The van der Waals surface area contributed by atoms with E-state index in [9.17, 15) is 4.79 Å². The summed E-state index contributed by atoms with van der Waals surface area (Å²) in [5, 5.41) is 5.66. The first-order valence-corrected chi connectivity index (χ1v) is 8.31. The molecule has 0 saturated carbocycles. The highest BCUT2D eigenvalue weighted by atomic mass is 35.5. The van der Waals surface area contributed by atoms with Crippen LogP contribution in [0.3, 0.4) is 0 Å². The van der Waals surface area contributed by atoms with Crippen LogP contribution in [0, 0.1) is 5.92 Å². The molecule has 0 aliphatic heterocycles. The van der Waals surface area contributed by atoms with Crippen molar-refractivity contribution in [3.05, 3.63) is 65.2 Å². The zero-order chi connectivity index (χ0) is 16.8. The fraction of sp³-hybridized carbons (Fsp3) is 0.316. The van der Waals surface area contributed by atoms with E-state index in [1.165, 1.54) is 5.56 Å². The van der Waals surface area contributed by atoms with Crippen molar-refractivity contribution in [1.29, 1.82) is 0 Å². The number of quaternary nitrogens is 1. The molecule has 0 aliphatic carbocycles. The van der Waals surface area contributed by atoms with Crippen molar-refractivity contribution < 1.29 is 10.1 Å². The summed E-state index contributed by atoms with van der Waals surface area (Å²) in [7, 11) is 0. The number of benzene rings is 2. The number of hydrogen-bond acceptors (Lipinski definition) is 1. The minimum atomic E-state index is -0.193. The fourth-order valence-electron chi connectivity index (χ4n) is 2.61. The molecule has 0 fully saturated rings. The van der Waals surface area contributed by atoms with Gasteiger partial charge in [0.25, 0.3) is 5.91 Å². The first-order valence-electron chi connectivity index (χ1n) is 7.93. The van der Waals surface area contributed by atoms with Crippen LogP contribution in [0.4, 0.5) is 5.69 Å². The Labute approximate surface area is 143 Å². The summed E-state index contributed by atoms with van der Waals surface area (Å²) < 4.78 is 0. The lowest BCUT2D eigenvalue weighted by Gasteiger charge is -2.23. The van der Waals surface area contributed by atoms with Gasteiger partial charge in [-0.2, -0.15) is 0 Å². The number of carbonyl (C=O) groups is 1. The summed E-state index contributed by atoms with van der Waals surface area (Å²) in [6, 6.07) is 17.6. The molecule has 0 spiro atoms. The summed E-state index contributed by atoms with van der Waals surface area (Å²) in [5.41, 5.74) is 1.97. The smallest absolute Gasteiger partial charge is 0.282 e. The maximum absolute atomic E-state index is 12.4. The molecular weight excluding hydrogens is 308 g/mol. The molecule has 0 aliphatic rings. The molecule has 122 valence electrons. The molecule has 2 aromatic carbocycles. The Balaban J connectivity index is 2.03. The lowest BCUT2D eigenvalue weighted by molar-refractivity contribution is -0.718. The van der Waals surface area contributed by atoms with Crippen LogP contribution in [0.2, 0.25) is 5.02 Å². The van der Waals surface area contributed by atoms with Crippen LogP contribution in [0.25, 0.3) is 0 Å². The van der Waals surface area contributed by atoms with Crippen LogP contribution >= 0.6 is 11.6 Å². The van der Waals surface area contributed by atoms with E-state index in [4.69, 9.17) is 11.6 Å². The molecule has 2 atom stereocenters. The molecule has 2 rings (SSSR count). The normalized spacial score (nSPS) is 13.6. The van der Waals surface area contributed by atoms with Gasteiger partial charge in [0.2, 0.25) is 0 Å². The number of rotatable bonds is 6. The summed E-state index contributed by atoms with van der Waals surface area (Å²) in [4.78, 5) is 12.4. The summed E-state index contributed by atoms with van der Waals surface area (Å²) in [6.07, 6.45) is 0. The maximum atomic E-state index is 12.4. The number of amides is 1. The van der Waals surface area contributed by atoms with E-state index in [0.29, 0.717) is 10.9 Å². The van der Waals surface area contributed by atoms with Gasteiger partial charge in [-0.25, -0.2) is 0 Å². The highest BCUT2D eigenvalue weighted by molar-refractivity contribution is 6.30. The van der Waals surface area contributed by atoms with Gasteiger partial charge in [-0.15, -0.1) is 0 Å². The Bertz CT molecular complexity index is 643. The Hall–Kier alpha value is -1.84. The largest absolute Gasteiger partial charge is 0.330 e. The van der Waals surface area contributed by atoms with Crippen LogP contribution in [0.1, 0.15) is 32.4 Å². The molecule has 0 aromatic heterocycles. The average Bonchev–Trinajstić information content (AvgIpc) is 2.52. The Morgan fingerprint density at radius 2 is 1.74 bits per heavy atom. The van der Waals surface area contributed by atoms with Crippen molar-refractivity contribution in [3.8, 4) is 0 Å². The van der Waals surface area contributed by atoms with Gasteiger partial charge in [0.1, 0.15) is 6.04 Å².